The van der Waals surface area contributed by atoms with Gasteiger partial charge in [0.25, 0.3) is 0 Å². The minimum atomic E-state index is -0.743. The number of unbranched alkanes of at least 4 members (excludes halogenated alkanes) is 5. The van der Waals surface area contributed by atoms with Crippen LogP contribution in [0.5, 0.6) is 0 Å². The Labute approximate surface area is 141 Å². The predicted octanol–water partition coefficient (Wildman–Crippen LogP) is 4.40. The minimum Gasteiger partial charge on any atom is -0.481 e. The summed E-state index contributed by atoms with van der Waals surface area (Å²) in [7, 11) is 0. The average molecular weight is 310 g/mol. The Morgan fingerprint density at radius 2 is 1.13 bits per heavy atom. The van der Waals surface area contributed by atoms with Crippen molar-refractivity contribution in [1.29, 1.82) is 0 Å². The number of carboxylic acids is 1. The van der Waals surface area contributed by atoms with E-state index in [1.165, 1.54) is 19.3 Å². The summed E-state index contributed by atoms with van der Waals surface area (Å²) < 4.78 is 0. The molecule has 0 amide bonds. The zero-order chi connectivity index (χ0) is 17.0. The quantitative estimate of drug-likeness (QED) is 0.559. The standard InChI is InChI=1S/C21H26O2/c1-2-3-4-5-6-7-8-9-10-11-12-13-14-15-16-17-18-19-20-21(22)23/h2-5,8,11,14,17-20H2,1H3,(H,22,23). The van der Waals surface area contributed by atoms with E-state index in [-0.39, 0.29) is 6.42 Å². The molecule has 0 atom stereocenters. The molecule has 0 aromatic heterocycles. The number of hydrogen-bond donors (Lipinski definition) is 1. The molecule has 0 saturated heterocycles. The Morgan fingerprint density at radius 3 is 1.57 bits per heavy atom. The van der Waals surface area contributed by atoms with Crippen LogP contribution in [-0.2, 0) is 4.79 Å². The topological polar surface area (TPSA) is 37.3 Å². The van der Waals surface area contributed by atoms with E-state index in [0.29, 0.717) is 25.7 Å². The second kappa shape index (κ2) is 17.8. The van der Waals surface area contributed by atoms with E-state index in [1.807, 2.05) is 0 Å². The molecule has 1 N–H and O–H groups in total. The average Bonchev–Trinajstić information content (AvgIpc) is 2.53. The fourth-order valence-electron chi connectivity index (χ4n) is 1.64. The fourth-order valence-corrected chi connectivity index (χ4v) is 1.64. The van der Waals surface area contributed by atoms with E-state index in [9.17, 15) is 4.79 Å². The van der Waals surface area contributed by atoms with Crippen LogP contribution in [0.15, 0.2) is 0 Å². The predicted molar refractivity (Wildman–Crippen MR) is 95.2 cm³/mol. The van der Waals surface area contributed by atoms with Gasteiger partial charge in [-0.05, 0) is 19.3 Å². The Balaban J connectivity index is 3.56. The molecular weight excluding hydrogens is 284 g/mol. The molecule has 122 valence electrons. The number of carbonyl (C=O) groups is 1. The Kier molecular flexibility index (Phi) is 16.0. The molecule has 23 heavy (non-hydrogen) atoms. The summed E-state index contributed by atoms with van der Waals surface area (Å²) in [4.78, 5) is 10.3. The van der Waals surface area contributed by atoms with Crippen molar-refractivity contribution in [3.8, 4) is 47.4 Å². The van der Waals surface area contributed by atoms with Crippen molar-refractivity contribution in [3.05, 3.63) is 0 Å². The molecule has 0 heterocycles. The lowest BCUT2D eigenvalue weighted by Gasteiger charge is -1.90. The Hall–Kier alpha value is -2.29. The molecule has 0 spiro atoms. The number of hydrogen-bond acceptors (Lipinski definition) is 1. The van der Waals surface area contributed by atoms with Gasteiger partial charge in [-0.3, -0.25) is 4.79 Å². The van der Waals surface area contributed by atoms with Crippen molar-refractivity contribution < 1.29 is 9.90 Å². The normalized spacial score (nSPS) is 8.22. The van der Waals surface area contributed by atoms with Crippen LogP contribution >= 0.6 is 0 Å². The van der Waals surface area contributed by atoms with E-state index in [0.717, 1.165) is 19.3 Å². The highest BCUT2D eigenvalue weighted by Crippen LogP contribution is 1.98. The first-order chi connectivity index (χ1) is 11.3. The summed E-state index contributed by atoms with van der Waals surface area (Å²) in [5, 5.41) is 8.48. The molecule has 0 aliphatic heterocycles. The highest BCUT2D eigenvalue weighted by Gasteiger charge is 1.93. The van der Waals surface area contributed by atoms with Gasteiger partial charge in [0.05, 0.1) is 19.3 Å². The fraction of sp³-hybridized carbons (Fsp3) is 0.571. The van der Waals surface area contributed by atoms with Crippen molar-refractivity contribution in [2.24, 2.45) is 0 Å². The van der Waals surface area contributed by atoms with Crippen molar-refractivity contribution in [1.82, 2.24) is 0 Å². The van der Waals surface area contributed by atoms with Gasteiger partial charge in [-0.15, -0.1) is 11.8 Å². The van der Waals surface area contributed by atoms with Gasteiger partial charge in [-0.2, -0.15) is 0 Å². The van der Waals surface area contributed by atoms with Crippen LogP contribution in [0.25, 0.3) is 0 Å². The van der Waals surface area contributed by atoms with E-state index in [4.69, 9.17) is 5.11 Å². The van der Waals surface area contributed by atoms with Gasteiger partial charge < -0.3 is 5.11 Å². The summed E-state index contributed by atoms with van der Waals surface area (Å²) in [5.41, 5.74) is 0. The van der Waals surface area contributed by atoms with E-state index >= 15 is 0 Å². The minimum absolute atomic E-state index is 0.225. The summed E-state index contributed by atoms with van der Waals surface area (Å²) >= 11 is 0. The van der Waals surface area contributed by atoms with E-state index in [2.05, 4.69) is 54.3 Å². The molecule has 0 aromatic rings. The highest BCUT2D eigenvalue weighted by atomic mass is 16.4. The molecule has 0 radical (unpaired) electrons. The first kappa shape index (κ1) is 20.7. The molecule has 2 nitrogen and oxygen atoms in total. The van der Waals surface area contributed by atoms with Crippen LogP contribution in [0.1, 0.15) is 77.6 Å². The monoisotopic (exact) mass is 310 g/mol. The van der Waals surface area contributed by atoms with Crippen molar-refractivity contribution in [2.45, 2.75) is 77.6 Å². The molecule has 0 aliphatic carbocycles. The van der Waals surface area contributed by atoms with Gasteiger partial charge >= 0.3 is 5.97 Å². The summed E-state index contributed by atoms with van der Waals surface area (Å²) in [6.45, 7) is 2.19. The van der Waals surface area contributed by atoms with Crippen LogP contribution in [-0.4, -0.2) is 11.1 Å². The number of rotatable bonds is 7. The Morgan fingerprint density at radius 1 is 0.696 bits per heavy atom. The van der Waals surface area contributed by atoms with Crippen LogP contribution < -0.4 is 0 Å². The van der Waals surface area contributed by atoms with Crippen LogP contribution in [0.4, 0.5) is 0 Å². The molecule has 0 aliphatic rings. The highest BCUT2D eigenvalue weighted by molar-refractivity contribution is 5.66. The largest absolute Gasteiger partial charge is 0.481 e. The first-order valence-electron chi connectivity index (χ1n) is 8.32. The van der Waals surface area contributed by atoms with E-state index < -0.39 is 5.97 Å². The summed E-state index contributed by atoms with van der Waals surface area (Å²) in [6, 6.07) is 0. The van der Waals surface area contributed by atoms with Gasteiger partial charge in [-0.25, -0.2) is 0 Å². The molecule has 0 bridgehead atoms. The maximum Gasteiger partial charge on any atom is 0.303 e. The lowest BCUT2D eigenvalue weighted by molar-refractivity contribution is -0.137. The molecule has 0 fully saturated rings. The molecule has 0 rings (SSSR count). The van der Waals surface area contributed by atoms with Gasteiger partial charge in [0.2, 0.25) is 0 Å². The molecular formula is C21H26O2. The van der Waals surface area contributed by atoms with Gasteiger partial charge in [0.15, 0.2) is 0 Å². The molecule has 0 saturated carbocycles. The second-order valence-electron chi connectivity index (χ2n) is 5.00. The zero-order valence-electron chi connectivity index (χ0n) is 14.1. The third kappa shape index (κ3) is 19.7. The van der Waals surface area contributed by atoms with Crippen LogP contribution in [0.3, 0.4) is 0 Å². The van der Waals surface area contributed by atoms with Gasteiger partial charge in [0.1, 0.15) is 0 Å². The van der Waals surface area contributed by atoms with Crippen LogP contribution in [0, 0.1) is 47.4 Å². The smallest absolute Gasteiger partial charge is 0.303 e. The second-order valence-corrected chi connectivity index (χ2v) is 5.00. The Bertz CT molecular complexity index is 556. The van der Waals surface area contributed by atoms with Crippen LogP contribution in [0.2, 0.25) is 0 Å². The summed E-state index contributed by atoms with van der Waals surface area (Å²) in [6.07, 6.45) is 8.88. The number of aliphatic carboxylic acids is 1. The third-order valence-corrected chi connectivity index (χ3v) is 2.88. The maximum absolute atomic E-state index is 10.3. The van der Waals surface area contributed by atoms with Crippen molar-refractivity contribution >= 4 is 5.97 Å². The summed E-state index contributed by atoms with van der Waals surface area (Å²) in [5.74, 6) is 23.3. The molecule has 0 aromatic carbocycles. The lowest BCUT2D eigenvalue weighted by Crippen LogP contribution is -1.92. The lowest BCUT2D eigenvalue weighted by atomic mass is 10.2. The van der Waals surface area contributed by atoms with Crippen molar-refractivity contribution in [3.63, 3.8) is 0 Å². The third-order valence-electron chi connectivity index (χ3n) is 2.88. The van der Waals surface area contributed by atoms with Gasteiger partial charge in [0, 0.05) is 19.3 Å². The molecule has 2 heteroatoms. The number of carboxylic acid groups (broad SMARTS) is 1. The zero-order valence-corrected chi connectivity index (χ0v) is 14.1. The molecule has 0 unspecified atom stereocenters. The maximum atomic E-state index is 10.3. The SMILES string of the molecule is CCCCCC#CCC#CCC#CCC#CCCCCC(=O)O. The van der Waals surface area contributed by atoms with E-state index in [1.54, 1.807) is 0 Å². The van der Waals surface area contributed by atoms with Gasteiger partial charge in [-0.1, -0.05) is 55.3 Å². The van der Waals surface area contributed by atoms with Crippen molar-refractivity contribution in [2.75, 3.05) is 0 Å². The first-order valence-corrected chi connectivity index (χ1v) is 8.32.